The normalized spacial score (nSPS) is 24.5. The van der Waals surface area contributed by atoms with Crippen molar-refractivity contribution in [2.24, 2.45) is 5.73 Å². The van der Waals surface area contributed by atoms with Crippen molar-refractivity contribution in [3.8, 4) is 0 Å². The zero-order valence-electron chi connectivity index (χ0n) is 16.1. The van der Waals surface area contributed by atoms with Crippen LogP contribution in [-0.2, 0) is 11.0 Å². The molecule has 2 fully saturated rings. The van der Waals surface area contributed by atoms with Crippen LogP contribution in [0.5, 0.6) is 0 Å². The highest BCUT2D eigenvalue weighted by molar-refractivity contribution is 5.85. The predicted molar refractivity (Wildman–Crippen MR) is 105 cm³/mol. The van der Waals surface area contributed by atoms with Crippen molar-refractivity contribution in [2.45, 2.75) is 62.8 Å². The minimum absolute atomic E-state index is 0. The summed E-state index contributed by atoms with van der Waals surface area (Å²) in [6, 6.07) is 4.10. The number of nitrogens with two attached hydrogens (primary N) is 1. The highest BCUT2D eigenvalue weighted by Crippen LogP contribution is 2.32. The van der Waals surface area contributed by atoms with Crippen LogP contribution in [0, 0.1) is 0 Å². The smallest absolute Gasteiger partial charge is 0.340 e. The Balaban J connectivity index is 0.00000280. The molecule has 0 radical (unpaired) electrons. The topological polar surface area (TPSA) is 49.6 Å². The Morgan fingerprint density at radius 2 is 1.68 bits per heavy atom. The molecule has 0 spiro atoms. The van der Waals surface area contributed by atoms with Gasteiger partial charge < -0.3 is 10.6 Å². The molecule has 1 unspecified atom stereocenters. The molecule has 3 rings (SSSR count). The first kappa shape index (κ1) is 23.0. The van der Waals surface area contributed by atoms with Crippen LogP contribution in [-0.4, -0.2) is 47.9 Å². The number of rotatable bonds is 4. The maximum atomic E-state index is 12.9. The average molecular weight is 420 g/mol. The number of benzene rings is 1. The molecule has 1 aliphatic carbocycles. The lowest BCUT2D eigenvalue weighted by atomic mass is 9.87. The Hall–Kier alpha value is -1.31. The summed E-state index contributed by atoms with van der Waals surface area (Å²) < 4.78 is 38.2. The minimum atomic E-state index is -4.39. The van der Waals surface area contributed by atoms with E-state index >= 15 is 0 Å². The van der Waals surface area contributed by atoms with Crippen molar-refractivity contribution < 1.29 is 18.0 Å². The molecule has 1 aliphatic heterocycles. The third-order valence-electron chi connectivity index (χ3n) is 6.01. The van der Waals surface area contributed by atoms with Crippen molar-refractivity contribution in [3.05, 3.63) is 35.4 Å². The Morgan fingerprint density at radius 1 is 1.11 bits per heavy atom. The second-order valence-electron chi connectivity index (χ2n) is 7.71. The molecule has 4 nitrogen and oxygen atoms in total. The van der Waals surface area contributed by atoms with Crippen molar-refractivity contribution in [1.29, 1.82) is 0 Å². The number of alkyl halides is 3. The lowest BCUT2D eigenvalue weighted by molar-refractivity contribution is -0.137. The predicted octanol–water partition coefficient (Wildman–Crippen LogP) is 3.99. The van der Waals surface area contributed by atoms with Crippen molar-refractivity contribution >= 4 is 18.3 Å². The van der Waals surface area contributed by atoms with Crippen molar-refractivity contribution in [3.63, 3.8) is 0 Å². The van der Waals surface area contributed by atoms with Gasteiger partial charge in [0.05, 0.1) is 5.56 Å². The third-order valence-corrected chi connectivity index (χ3v) is 6.01. The van der Waals surface area contributed by atoms with Gasteiger partial charge in [0.2, 0.25) is 5.91 Å². The van der Waals surface area contributed by atoms with E-state index in [4.69, 9.17) is 5.73 Å². The molecule has 1 amide bonds. The third kappa shape index (κ3) is 4.99. The molecule has 28 heavy (non-hydrogen) atoms. The fraction of sp³-hybridized carbons (Fsp3) is 0.650. The number of hydrogen-bond acceptors (Lipinski definition) is 3. The molecular formula is C20H29ClF3N3O. The van der Waals surface area contributed by atoms with Gasteiger partial charge in [0.1, 0.15) is 6.04 Å². The SMILES string of the molecule is CN(C(=O)C(N)c1ccc(C(F)(F)F)cc1)[C@@H]1CCCC[C@H]1N1CCCC1.Cl. The molecule has 1 saturated carbocycles. The maximum Gasteiger partial charge on any atom is 0.416 e. The highest BCUT2D eigenvalue weighted by Gasteiger charge is 2.37. The van der Waals surface area contributed by atoms with E-state index in [1.165, 1.54) is 31.4 Å². The summed E-state index contributed by atoms with van der Waals surface area (Å²) in [6.07, 6.45) is 2.29. The average Bonchev–Trinajstić information content (AvgIpc) is 3.20. The molecule has 0 aromatic heterocycles. The van der Waals surface area contributed by atoms with Crippen LogP contribution in [0.1, 0.15) is 55.7 Å². The van der Waals surface area contributed by atoms with Crippen LogP contribution < -0.4 is 5.73 Å². The number of nitrogens with zero attached hydrogens (tertiary/aromatic N) is 2. The van der Waals surface area contributed by atoms with Crippen LogP contribution in [0.4, 0.5) is 13.2 Å². The van der Waals surface area contributed by atoms with Gasteiger partial charge in [-0.2, -0.15) is 13.2 Å². The fourth-order valence-electron chi connectivity index (χ4n) is 4.45. The summed E-state index contributed by atoms with van der Waals surface area (Å²) in [5, 5.41) is 0. The van der Waals surface area contributed by atoms with Gasteiger partial charge in [-0.15, -0.1) is 12.4 Å². The number of halogens is 4. The molecule has 8 heteroatoms. The summed E-state index contributed by atoms with van der Waals surface area (Å²) in [5.41, 5.74) is 5.79. The van der Waals surface area contributed by atoms with E-state index in [9.17, 15) is 18.0 Å². The zero-order valence-corrected chi connectivity index (χ0v) is 16.9. The van der Waals surface area contributed by atoms with Crippen molar-refractivity contribution in [2.75, 3.05) is 20.1 Å². The van der Waals surface area contributed by atoms with Gasteiger partial charge >= 0.3 is 6.18 Å². The number of likely N-dealkylation sites (tertiary alicyclic amines) is 1. The molecule has 1 heterocycles. The Morgan fingerprint density at radius 3 is 2.25 bits per heavy atom. The molecule has 2 N–H and O–H groups in total. The van der Waals surface area contributed by atoms with E-state index in [1.54, 1.807) is 11.9 Å². The highest BCUT2D eigenvalue weighted by atomic mass is 35.5. The van der Waals surface area contributed by atoms with Crippen molar-refractivity contribution in [1.82, 2.24) is 9.80 Å². The standard InChI is InChI=1S/C20H28F3N3O.ClH/c1-25(16-6-2-3-7-17(16)26-12-4-5-13-26)19(27)18(24)14-8-10-15(11-9-14)20(21,22)23;/h8-11,16-18H,2-7,12-13,24H2,1H3;1H/t16-,17-,18?;/m1./s1. The van der Waals surface area contributed by atoms with Crippen LogP contribution in [0.25, 0.3) is 0 Å². The van der Waals surface area contributed by atoms with Crippen LogP contribution in [0.15, 0.2) is 24.3 Å². The minimum Gasteiger partial charge on any atom is -0.340 e. The molecule has 1 aromatic carbocycles. The summed E-state index contributed by atoms with van der Waals surface area (Å²) in [5.74, 6) is -0.231. The Bertz CT molecular complexity index is 647. The van der Waals surface area contributed by atoms with E-state index < -0.39 is 17.8 Å². The first-order valence-electron chi connectivity index (χ1n) is 9.72. The Kier molecular flexibility index (Phi) is 7.76. The molecular weight excluding hydrogens is 391 g/mol. The zero-order chi connectivity index (χ0) is 19.6. The lowest BCUT2D eigenvalue weighted by Crippen LogP contribution is -2.54. The summed E-state index contributed by atoms with van der Waals surface area (Å²) >= 11 is 0. The molecule has 2 aliphatic rings. The van der Waals surface area contributed by atoms with Crippen LogP contribution >= 0.6 is 12.4 Å². The molecule has 1 aromatic rings. The second-order valence-corrected chi connectivity index (χ2v) is 7.71. The summed E-state index contributed by atoms with van der Waals surface area (Å²) in [6.45, 7) is 2.16. The molecule has 158 valence electrons. The van der Waals surface area contributed by atoms with E-state index in [-0.39, 0.29) is 24.4 Å². The summed E-state index contributed by atoms with van der Waals surface area (Å²) in [4.78, 5) is 17.2. The number of hydrogen-bond donors (Lipinski definition) is 1. The number of carbonyl (C=O) groups is 1. The van der Waals surface area contributed by atoms with Gasteiger partial charge in [-0.25, -0.2) is 0 Å². The second kappa shape index (κ2) is 9.46. The number of likely N-dealkylation sites (N-methyl/N-ethyl adjacent to an activating group) is 1. The number of carbonyl (C=O) groups excluding carboxylic acids is 1. The fourth-order valence-corrected chi connectivity index (χ4v) is 4.45. The van der Waals surface area contributed by atoms with E-state index in [1.807, 2.05) is 0 Å². The van der Waals surface area contributed by atoms with Gasteiger partial charge in [-0.1, -0.05) is 25.0 Å². The van der Waals surface area contributed by atoms with Gasteiger partial charge in [0.15, 0.2) is 0 Å². The number of amides is 1. The molecule has 1 saturated heterocycles. The summed E-state index contributed by atoms with van der Waals surface area (Å²) in [7, 11) is 1.78. The monoisotopic (exact) mass is 419 g/mol. The van der Waals surface area contributed by atoms with Gasteiger partial charge in [0, 0.05) is 19.1 Å². The van der Waals surface area contributed by atoms with E-state index in [0.29, 0.717) is 11.6 Å². The van der Waals surface area contributed by atoms with Crippen LogP contribution in [0.2, 0.25) is 0 Å². The quantitative estimate of drug-likeness (QED) is 0.802. The Labute approximate surface area is 170 Å². The van der Waals surface area contributed by atoms with E-state index in [0.717, 1.165) is 44.5 Å². The largest absolute Gasteiger partial charge is 0.416 e. The first-order valence-corrected chi connectivity index (χ1v) is 9.72. The first-order chi connectivity index (χ1) is 12.8. The maximum absolute atomic E-state index is 12.9. The lowest BCUT2D eigenvalue weighted by Gasteiger charge is -2.43. The van der Waals surface area contributed by atoms with Gasteiger partial charge in [0.25, 0.3) is 0 Å². The molecule has 0 bridgehead atoms. The van der Waals surface area contributed by atoms with E-state index in [2.05, 4.69) is 4.90 Å². The molecule has 3 atom stereocenters. The van der Waals surface area contributed by atoms with Gasteiger partial charge in [-0.05, 0) is 56.5 Å². The van der Waals surface area contributed by atoms with Crippen LogP contribution in [0.3, 0.4) is 0 Å². The van der Waals surface area contributed by atoms with Gasteiger partial charge in [-0.3, -0.25) is 9.69 Å².